The van der Waals surface area contributed by atoms with Crippen LogP contribution in [0.15, 0.2) is 41.4 Å². The van der Waals surface area contributed by atoms with Crippen molar-refractivity contribution < 1.29 is 9.53 Å². The van der Waals surface area contributed by atoms with Gasteiger partial charge in [-0.15, -0.1) is 0 Å². The molecule has 0 saturated carbocycles. The second-order valence-corrected chi connectivity index (χ2v) is 5.63. The van der Waals surface area contributed by atoms with Crippen molar-refractivity contribution in [3.63, 3.8) is 0 Å². The van der Waals surface area contributed by atoms with Crippen molar-refractivity contribution in [3.05, 3.63) is 41.4 Å². The predicted octanol–water partition coefficient (Wildman–Crippen LogP) is 3.72. The van der Waals surface area contributed by atoms with Gasteiger partial charge in [0.25, 0.3) is 0 Å². The van der Waals surface area contributed by atoms with E-state index in [4.69, 9.17) is 22.1 Å². The standard InChI is InChI=1S/C16H22ClNO2/c1-11(2)14(9-10-15(17)12(3)18)16(19)20-13-7-5-4-6-8-13/h4-8,10-12,14H,9,18H2,1-3H3/b15-10+/t12?,14-/m0/s1. The largest absolute Gasteiger partial charge is 0.426 e. The van der Waals surface area contributed by atoms with Crippen LogP contribution < -0.4 is 10.5 Å². The van der Waals surface area contributed by atoms with Gasteiger partial charge < -0.3 is 10.5 Å². The zero-order chi connectivity index (χ0) is 15.1. The summed E-state index contributed by atoms with van der Waals surface area (Å²) in [6, 6.07) is 8.86. The summed E-state index contributed by atoms with van der Waals surface area (Å²) in [6.07, 6.45) is 2.34. The number of ether oxygens (including phenoxy) is 1. The quantitative estimate of drug-likeness (QED) is 0.643. The van der Waals surface area contributed by atoms with Crippen LogP contribution in [-0.2, 0) is 4.79 Å². The number of nitrogens with two attached hydrogens (primary N) is 1. The molecule has 0 fully saturated rings. The molecule has 3 nitrogen and oxygen atoms in total. The van der Waals surface area contributed by atoms with Crippen molar-refractivity contribution in [1.29, 1.82) is 0 Å². The molecule has 0 saturated heterocycles. The Kier molecular flexibility index (Phi) is 6.76. The molecule has 1 aromatic carbocycles. The van der Waals surface area contributed by atoms with Gasteiger partial charge in [-0.3, -0.25) is 4.79 Å². The van der Waals surface area contributed by atoms with Crippen LogP contribution >= 0.6 is 11.6 Å². The Bertz CT molecular complexity index is 455. The summed E-state index contributed by atoms with van der Waals surface area (Å²) in [7, 11) is 0. The molecule has 0 amide bonds. The smallest absolute Gasteiger partial charge is 0.314 e. The molecule has 0 aliphatic carbocycles. The molecule has 1 aromatic rings. The van der Waals surface area contributed by atoms with E-state index in [9.17, 15) is 4.79 Å². The Morgan fingerprint density at radius 3 is 2.40 bits per heavy atom. The zero-order valence-electron chi connectivity index (χ0n) is 12.2. The third kappa shape index (κ3) is 5.35. The molecule has 1 unspecified atom stereocenters. The zero-order valence-corrected chi connectivity index (χ0v) is 12.9. The molecule has 110 valence electrons. The van der Waals surface area contributed by atoms with Gasteiger partial charge in [-0.1, -0.05) is 49.7 Å². The van der Waals surface area contributed by atoms with Gasteiger partial charge >= 0.3 is 5.97 Å². The van der Waals surface area contributed by atoms with Gasteiger partial charge in [-0.25, -0.2) is 0 Å². The Balaban J connectivity index is 2.71. The molecule has 20 heavy (non-hydrogen) atoms. The van der Waals surface area contributed by atoms with Crippen LogP contribution in [0.3, 0.4) is 0 Å². The molecule has 0 aliphatic heterocycles. The van der Waals surface area contributed by atoms with E-state index in [1.807, 2.05) is 45.0 Å². The SMILES string of the molecule is CC(N)/C(Cl)=C\C[C@H](C(=O)Oc1ccccc1)C(C)C. The second-order valence-electron chi connectivity index (χ2n) is 5.20. The molecule has 0 aromatic heterocycles. The highest BCUT2D eigenvalue weighted by Gasteiger charge is 2.23. The Morgan fingerprint density at radius 1 is 1.30 bits per heavy atom. The number of esters is 1. The van der Waals surface area contributed by atoms with Crippen molar-refractivity contribution in [1.82, 2.24) is 0 Å². The number of halogens is 1. The van der Waals surface area contributed by atoms with E-state index in [2.05, 4.69) is 0 Å². The average molecular weight is 296 g/mol. The van der Waals surface area contributed by atoms with E-state index in [-0.39, 0.29) is 23.8 Å². The highest BCUT2D eigenvalue weighted by Crippen LogP contribution is 2.21. The number of benzene rings is 1. The molecule has 0 aliphatic rings. The van der Waals surface area contributed by atoms with Crippen molar-refractivity contribution in [2.24, 2.45) is 17.6 Å². The number of para-hydroxylation sites is 1. The summed E-state index contributed by atoms with van der Waals surface area (Å²) in [4.78, 5) is 12.2. The van der Waals surface area contributed by atoms with Gasteiger partial charge in [0.1, 0.15) is 5.75 Å². The lowest BCUT2D eigenvalue weighted by molar-refractivity contribution is -0.140. The second kappa shape index (κ2) is 8.08. The van der Waals surface area contributed by atoms with Crippen molar-refractivity contribution in [2.45, 2.75) is 33.2 Å². The summed E-state index contributed by atoms with van der Waals surface area (Å²) < 4.78 is 5.39. The van der Waals surface area contributed by atoms with Crippen molar-refractivity contribution >= 4 is 17.6 Å². The number of carbonyl (C=O) groups is 1. The first-order valence-electron chi connectivity index (χ1n) is 6.79. The number of allylic oxidation sites excluding steroid dienone is 1. The number of hydrogen-bond acceptors (Lipinski definition) is 3. The molecule has 2 atom stereocenters. The molecule has 0 radical (unpaired) electrons. The minimum Gasteiger partial charge on any atom is -0.426 e. The normalized spacial score (nSPS) is 15.0. The lowest BCUT2D eigenvalue weighted by Gasteiger charge is -2.18. The molecule has 2 N–H and O–H groups in total. The van der Waals surface area contributed by atoms with Crippen LogP contribution in [0.2, 0.25) is 0 Å². The molecule has 0 bridgehead atoms. The maximum absolute atomic E-state index is 12.2. The van der Waals surface area contributed by atoms with E-state index < -0.39 is 0 Å². The fraction of sp³-hybridized carbons (Fsp3) is 0.438. The molecule has 0 spiro atoms. The lowest BCUT2D eigenvalue weighted by Crippen LogP contribution is -2.25. The minimum absolute atomic E-state index is 0.167. The van der Waals surface area contributed by atoms with Gasteiger partial charge in [0.05, 0.1) is 5.92 Å². The van der Waals surface area contributed by atoms with Gasteiger partial charge in [0, 0.05) is 11.1 Å². The summed E-state index contributed by atoms with van der Waals surface area (Å²) in [5.41, 5.74) is 5.68. The monoisotopic (exact) mass is 295 g/mol. The van der Waals surface area contributed by atoms with Crippen LogP contribution in [0, 0.1) is 11.8 Å². The first kappa shape index (κ1) is 16.7. The third-order valence-electron chi connectivity index (χ3n) is 3.07. The lowest BCUT2D eigenvalue weighted by atomic mass is 9.92. The van der Waals surface area contributed by atoms with Crippen LogP contribution in [0.4, 0.5) is 0 Å². The number of carbonyl (C=O) groups excluding carboxylic acids is 1. The van der Waals surface area contributed by atoms with Crippen LogP contribution in [0.25, 0.3) is 0 Å². The topological polar surface area (TPSA) is 52.3 Å². The average Bonchev–Trinajstić information content (AvgIpc) is 2.39. The van der Waals surface area contributed by atoms with Gasteiger partial charge in [-0.05, 0) is 31.4 Å². The summed E-state index contributed by atoms with van der Waals surface area (Å²) >= 11 is 6.01. The minimum atomic E-state index is -0.239. The summed E-state index contributed by atoms with van der Waals surface area (Å²) in [6.45, 7) is 5.79. The first-order chi connectivity index (χ1) is 9.41. The molecular formula is C16H22ClNO2. The maximum Gasteiger partial charge on any atom is 0.314 e. The molecule has 1 rings (SSSR count). The van der Waals surface area contributed by atoms with E-state index >= 15 is 0 Å². The van der Waals surface area contributed by atoms with Crippen LogP contribution in [0.5, 0.6) is 5.75 Å². The van der Waals surface area contributed by atoms with E-state index in [1.54, 1.807) is 12.1 Å². The fourth-order valence-corrected chi connectivity index (χ4v) is 1.84. The van der Waals surface area contributed by atoms with Crippen molar-refractivity contribution in [3.8, 4) is 5.75 Å². The Morgan fingerprint density at radius 2 is 1.90 bits per heavy atom. The van der Waals surface area contributed by atoms with Crippen LogP contribution in [0.1, 0.15) is 27.2 Å². The van der Waals surface area contributed by atoms with E-state index in [0.29, 0.717) is 17.2 Å². The Hall–Kier alpha value is -1.32. The Labute approximate surface area is 125 Å². The maximum atomic E-state index is 12.2. The molecular weight excluding hydrogens is 274 g/mol. The first-order valence-corrected chi connectivity index (χ1v) is 7.17. The van der Waals surface area contributed by atoms with Gasteiger partial charge in [0.2, 0.25) is 0 Å². The highest BCUT2D eigenvalue weighted by atomic mass is 35.5. The molecule has 0 heterocycles. The number of hydrogen-bond donors (Lipinski definition) is 1. The molecule has 4 heteroatoms. The van der Waals surface area contributed by atoms with Crippen LogP contribution in [-0.4, -0.2) is 12.0 Å². The fourth-order valence-electron chi connectivity index (χ4n) is 1.75. The third-order valence-corrected chi connectivity index (χ3v) is 3.57. The van der Waals surface area contributed by atoms with E-state index in [0.717, 1.165) is 0 Å². The predicted molar refractivity (Wildman–Crippen MR) is 82.6 cm³/mol. The highest BCUT2D eigenvalue weighted by molar-refractivity contribution is 6.30. The summed E-state index contributed by atoms with van der Waals surface area (Å²) in [5, 5.41) is 0.572. The summed E-state index contributed by atoms with van der Waals surface area (Å²) in [5.74, 6) is 0.254. The van der Waals surface area contributed by atoms with E-state index in [1.165, 1.54) is 0 Å². The van der Waals surface area contributed by atoms with Gasteiger partial charge in [0.15, 0.2) is 0 Å². The number of rotatable bonds is 6. The van der Waals surface area contributed by atoms with Gasteiger partial charge in [-0.2, -0.15) is 0 Å². The van der Waals surface area contributed by atoms with Crippen molar-refractivity contribution in [2.75, 3.05) is 0 Å².